The van der Waals surface area contributed by atoms with Crippen LogP contribution in [0.15, 0.2) is 39.0 Å². The lowest BCUT2D eigenvalue weighted by molar-refractivity contribution is -0.388. The molecule has 2 fully saturated rings. The molecular formula is C27H32ClN5O10S2. The summed E-state index contributed by atoms with van der Waals surface area (Å²) < 4.78 is 50.6. The van der Waals surface area contributed by atoms with E-state index in [1.807, 2.05) is 0 Å². The van der Waals surface area contributed by atoms with Crippen LogP contribution in [-0.4, -0.2) is 54.3 Å². The molecular weight excluding hydrogens is 654 g/mol. The molecule has 244 valence electrons. The molecule has 2 aliphatic carbocycles. The highest BCUT2D eigenvalue weighted by atomic mass is 35.5. The van der Waals surface area contributed by atoms with Crippen molar-refractivity contribution in [2.75, 3.05) is 0 Å². The second-order valence-corrected chi connectivity index (χ2v) is 15.5. The molecule has 1 amide bonds. The molecule has 0 bridgehead atoms. The van der Waals surface area contributed by atoms with Crippen molar-refractivity contribution in [3.63, 3.8) is 0 Å². The fourth-order valence-electron chi connectivity index (χ4n) is 5.46. The summed E-state index contributed by atoms with van der Waals surface area (Å²) in [5.74, 6) is -1.34. The molecule has 2 saturated carbocycles. The lowest BCUT2D eigenvalue weighted by Gasteiger charge is -2.13. The van der Waals surface area contributed by atoms with Crippen molar-refractivity contribution in [2.24, 2.45) is 16.5 Å². The number of aryl methyl sites for hydroxylation is 2. The van der Waals surface area contributed by atoms with Crippen LogP contribution in [0.3, 0.4) is 0 Å². The van der Waals surface area contributed by atoms with Crippen molar-refractivity contribution in [1.82, 2.24) is 0 Å². The highest BCUT2D eigenvalue weighted by Crippen LogP contribution is 2.37. The van der Waals surface area contributed by atoms with Gasteiger partial charge in [-0.2, -0.15) is 4.99 Å². The highest BCUT2D eigenvalue weighted by molar-refractivity contribution is 7.92. The number of amides is 1. The summed E-state index contributed by atoms with van der Waals surface area (Å²) in [6, 6.07) is 4.21. The molecule has 4 N–H and O–H groups in total. The van der Waals surface area contributed by atoms with Gasteiger partial charge in [-0.25, -0.2) is 16.8 Å². The Bertz CT molecular complexity index is 1790. The predicted molar refractivity (Wildman–Crippen MR) is 165 cm³/mol. The highest BCUT2D eigenvalue weighted by Gasteiger charge is 2.37. The fraction of sp³-hybridized carbons (Fsp3) is 0.444. The third-order valence-electron chi connectivity index (χ3n) is 7.77. The number of aliphatic imine (C=N–C) groups is 1. The van der Waals surface area contributed by atoms with Crippen molar-refractivity contribution in [2.45, 2.75) is 85.5 Å². The van der Waals surface area contributed by atoms with Gasteiger partial charge >= 0.3 is 0 Å². The minimum absolute atomic E-state index is 0.0475. The number of hydrogen-bond acceptors (Lipinski definition) is 10. The van der Waals surface area contributed by atoms with Crippen LogP contribution >= 0.6 is 11.6 Å². The molecule has 0 unspecified atom stereocenters. The van der Waals surface area contributed by atoms with Gasteiger partial charge in [0.05, 0.1) is 25.9 Å². The monoisotopic (exact) mass is 685 g/mol. The van der Waals surface area contributed by atoms with E-state index in [-0.39, 0.29) is 26.5 Å². The number of benzene rings is 2. The summed E-state index contributed by atoms with van der Waals surface area (Å²) in [6.45, 7) is 2.99. The van der Waals surface area contributed by atoms with E-state index in [4.69, 9.17) is 23.1 Å². The second-order valence-electron chi connectivity index (χ2n) is 10.8. The molecule has 45 heavy (non-hydrogen) atoms. The number of nitrogens with zero attached hydrogens (tertiary/aromatic N) is 3. The maximum atomic E-state index is 12.7. The van der Waals surface area contributed by atoms with Crippen molar-refractivity contribution in [3.8, 4) is 0 Å². The standard InChI is InChI=1S/C14H18N4O5S.C13H14ClNO5S/c1-8-6-12(24(22,23)9-4-2-3-5-9)11(18(20)21)7-10(8)13(19)17-14(15)16;1-8-6-12(21(19,20)9-4-2-3-5-9)11(15(17)18)7-10(8)13(14)16/h6-7,9H,2-5H2,1H3,(H4,15,16,17,19);6-7,9H,2-5H2,1H3. The molecule has 0 aliphatic heterocycles. The number of nitro benzene ring substituents is 2. The van der Waals surface area contributed by atoms with Crippen LogP contribution in [0, 0.1) is 34.1 Å². The van der Waals surface area contributed by atoms with E-state index in [9.17, 15) is 46.7 Å². The van der Waals surface area contributed by atoms with Crippen molar-refractivity contribution >= 4 is 59.8 Å². The number of hydrogen-bond donors (Lipinski definition) is 2. The smallest absolute Gasteiger partial charge is 0.288 e. The summed E-state index contributed by atoms with van der Waals surface area (Å²) in [7, 11) is -7.62. The lowest BCUT2D eigenvalue weighted by atomic mass is 10.1. The summed E-state index contributed by atoms with van der Waals surface area (Å²) in [4.78, 5) is 46.7. The molecule has 0 spiro atoms. The molecule has 15 nitrogen and oxygen atoms in total. The summed E-state index contributed by atoms with van der Waals surface area (Å²) in [6.07, 6.45) is 5.13. The van der Waals surface area contributed by atoms with Gasteiger partial charge in [-0.05, 0) is 74.4 Å². The number of carbonyl (C=O) groups excluding carboxylic acids is 2. The number of carbonyl (C=O) groups is 2. The Morgan fingerprint density at radius 2 is 1.11 bits per heavy atom. The maximum Gasteiger partial charge on any atom is 0.288 e. The van der Waals surface area contributed by atoms with Gasteiger partial charge in [0.1, 0.15) is 9.79 Å². The van der Waals surface area contributed by atoms with Gasteiger partial charge in [-0.15, -0.1) is 0 Å². The molecule has 2 aromatic rings. The first kappa shape index (κ1) is 35.5. The Labute approximate surface area is 264 Å². The van der Waals surface area contributed by atoms with Crippen molar-refractivity contribution in [3.05, 3.63) is 66.7 Å². The van der Waals surface area contributed by atoms with Crippen LogP contribution in [0.1, 0.15) is 83.2 Å². The van der Waals surface area contributed by atoms with Crippen molar-refractivity contribution in [1.29, 1.82) is 0 Å². The first-order chi connectivity index (χ1) is 20.9. The zero-order valence-corrected chi connectivity index (χ0v) is 26.8. The number of sulfone groups is 2. The molecule has 4 rings (SSSR count). The topological polar surface area (TPSA) is 253 Å². The van der Waals surface area contributed by atoms with Gasteiger partial charge < -0.3 is 11.5 Å². The second kappa shape index (κ2) is 14.0. The minimum Gasteiger partial charge on any atom is -0.370 e. The average Bonchev–Trinajstić information content (AvgIpc) is 3.68. The maximum absolute atomic E-state index is 12.7. The van der Waals surface area contributed by atoms with E-state index in [1.165, 1.54) is 19.9 Å². The van der Waals surface area contributed by atoms with Gasteiger partial charge in [0.2, 0.25) is 0 Å². The Hall–Kier alpha value is -3.96. The SMILES string of the molecule is Cc1cc(S(=O)(=O)C2CCCC2)c([N+](=O)[O-])cc1C(=O)Cl.Cc1cc(S(=O)(=O)C2CCCC2)c([N+](=O)[O-])cc1C(=O)N=C(N)N. The van der Waals surface area contributed by atoms with Gasteiger partial charge in [0.25, 0.3) is 22.5 Å². The molecule has 0 radical (unpaired) electrons. The van der Waals surface area contributed by atoms with E-state index >= 15 is 0 Å². The number of nitrogens with two attached hydrogens (primary N) is 2. The van der Waals surface area contributed by atoms with Gasteiger partial charge in [-0.1, -0.05) is 25.7 Å². The third-order valence-corrected chi connectivity index (χ3v) is 12.6. The van der Waals surface area contributed by atoms with E-state index in [0.717, 1.165) is 43.9 Å². The van der Waals surface area contributed by atoms with Gasteiger partial charge in [-0.3, -0.25) is 29.8 Å². The molecule has 0 heterocycles. The first-order valence-corrected chi connectivity index (χ1v) is 17.3. The molecule has 0 aromatic heterocycles. The molecule has 2 aromatic carbocycles. The number of rotatable bonds is 8. The van der Waals surface area contributed by atoms with Crippen LogP contribution in [0.5, 0.6) is 0 Å². The van der Waals surface area contributed by atoms with Crippen LogP contribution in [0.2, 0.25) is 0 Å². The van der Waals surface area contributed by atoms with Crippen LogP contribution in [-0.2, 0) is 19.7 Å². The summed E-state index contributed by atoms with van der Waals surface area (Å²) >= 11 is 5.37. The number of nitro groups is 2. The Morgan fingerprint density at radius 3 is 1.44 bits per heavy atom. The molecule has 0 saturated heterocycles. The van der Waals surface area contributed by atoms with E-state index in [0.29, 0.717) is 31.2 Å². The summed E-state index contributed by atoms with van der Waals surface area (Å²) in [5.41, 5.74) is 9.47. The predicted octanol–water partition coefficient (Wildman–Crippen LogP) is 4.03. The molecule has 2 aliphatic rings. The third kappa shape index (κ3) is 7.83. The molecule has 18 heteroatoms. The van der Waals surface area contributed by atoms with Gasteiger partial charge in [0.15, 0.2) is 25.6 Å². The first-order valence-electron chi connectivity index (χ1n) is 13.8. The molecule has 0 atom stereocenters. The Kier molecular flexibility index (Phi) is 11.0. The van der Waals surface area contributed by atoms with Crippen molar-refractivity contribution < 1.29 is 36.3 Å². The zero-order valence-electron chi connectivity index (χ0n) is 24.4. The van der Waals surface area contributed by atoms with Crippen LogP contribution < -0.4 is 11.5 Å². The minimum atomic E-state index is -3.84. The fourth-order valence-corrected chi connectivity index (χ4v) is 9.82. The zero-order chi connectivity index (χ0) is 33.9. The summed E-state index contributed by atoms with van der Waals surface area (Å²) in [5, 5.41) is 20.4. The van der Waals surface area contributed by atoms with E-state index < -0.39 is 68.5 Å². The van der Waals surface area contributed by atoms with E-state index in [1.54, 1.807) is 0 Å². The quantitative estimate of drug-likeness (QED) is 0.131. The van der Waals surface area contributed by atoms with Gasteiger partial charge in [0, 0.05) is 17.7 Å². The lowest BCUT2D eigenvalue weighted by Crippen LogP contribution is -2.24. The van der Waals surface area contributed by atoms with Crippen LogP contribution in [0.25, 0.3) is 0 Å². The van der Waals surface area contributed by atoms with Crippen LogP contribution in [0.4, 0.5) is 11.4 Å². The average molecular weight is 686 g/mol. The largest absolute Gasteiger partial charge is 0.370 e. The Morgan fingerprint density at radius 1 is 0.756 bits per heavy atom. The Balaban J connectivity index is 0.000000248. The van der Waals surface area contributed by atoms with E-state index in [2.05, 4.69) is 4.99 Å². The number of halogens is 1. The number of guanidine groups is 1. The normalized spacial score (nSPS) is 15.6.